The van der Waals surface area contributed by atoms with E-state index in [1.807, 2.05) is 0 Å². The van der Waals surface area contributed by atoms with Crippen LogP contribution in [0, 0.1) is 50.7 Å². The number of aliphatic hydroxyl groups excluding tert-OH is 1. The second kappa shape index (κ2) is 6.86. The van der Waals surface area contributed by atoms with Crippen LogP contribution in [0.2, 0.25) is 0 Å². The average Bonchev–Trinajstić information content (AvgIpc) is 3.27. The molecule has 0 bridgehead atoms. The van der Waals surface area contributed by atoms with Crippen molar-refractivity contribution in [3.05, 3.63) is 11.6 Å². The van der Waals surface area contributed by atoms with Gasteiger partial charge in [-0.25, -0.2) is 0 Å². The van der Waals surface area contributed by atoms with E-state index in [-0.39, 0.29) is 11.5 Å². The molecule has 5 rings (SSSR count). The summed E-state index contributed by atoms with van der Waals surface area (Å²) in [5.41, 5.74) is 3.87. The summed E-state index contributed by atoms with van der Waals surface area (Å²) in [5.74, 6) is 3.46. The Kier molecular flexibility index (Phi) is 4.98. The third-order valence-corrected chi connectivity index (χ3v) is 13.0. The molecular formula is C30H50O. The quantitative estimate of drug-likeness (QED) is 0.354. The van der Waals surface area contributed by atoms with E-state index in [2.05, 4.69) is 54.5 Å². The molecule has 0 aromatic rings. The lowest BCUT2D eigenvalue weighted by atomic mass is 9.41. The Balaban J connectivity index is 1.41. The molecule has 5 aliphatic rings. The minimum atomic E-state index is -0.0840. The van der Waals surface area contributed by atoms with Gasteiger partial charge < -0.3 is 5.11 Å². The van der Waals surface area contributed by atoms with Gasteiger partial charge in [-0.1, -0.05) is 46.3 Å². The average molecular weight is 428 g/mol. The van der Waals surface area contributed by atoms with Gasteiger partial charge in [0.05, 0.1) is 6.10 Å². The molecule has 5 saturated carbocycles. The third kappa shape index (κ3) is 2.71. The molecule has 0 amide bonds. The molecule has 0 heterocycles. The first-order chi connectivity index (χ1) is 14.4. The molecule has 0 aromatic carbocycles. The number of allylic oxidation sites excluding steroid dienone is 2. The van der Waals surface area contributed by atoms with Gasteiger partial charge in [-0.2, -0.15) is 0 Å². The second-order valence-electron chi connectivity index (χ2n) is 14.4. The van der Waals surface area contributed by atoms with Crippen LogP contribution in [-0.2, 0) is 0 Å². The lowest BCUT2D eigenvalue weighted by Crippen LogP contribution is -2.57. The molecular weight excluding hydrogens is 377 g/mol. The zero-order valence-corrected chi connectivity index (χ0v) is 21.7. The van der Waals surface area contributed by atoms with Crippen LogP contribution in [0.3, 0.4) is 0 Å². The Morgan fingerprint density at radius 1 is 0.871 bits per heavy atom. The molecule has 1 heteroatoms. The lowest BCUT2D eigenvalue weighted by molar-refractivity contribution is -0.161. The van der Waals surface area contributed by atoms with E-state index in [1.54, 1.807) is 0 Å². The van der Waals surface area contributed by atoms with Crippen LogP contribution >= 0.6 is 0 Å². The van der Waals surface area contributed by atoms with Gasteiger partial charge >= 0.3 is 0 Å². The van der Waals surface area contributed by atoms with Gasteiger partial charge in [0.2, 0.25) is 0 Å². The van der Waals surface area contributed by atoms with Crippen LogP contribution in [0.5, 0.6) is 0 Å². The summed E-state index contributed by atoms with van der Waals surface area (Å²) in [5, 5.41) is 10.8. The summed E-state index contributed by atoms with van der Waals surface area (Å²) in [6, 6.07) is 0. The highest BCUT2D eigenvalue weighted by atomic mass is 16.3. The van der Waals surface area contributed by atoms with E-state index in [0.29, 0.717) is 21.7 Å². The molecule has 0 unspecified atom stereocenters. The van der Waals surface area contributed by atoms with Crippen molar-refractivity contribution in [3.63, 3.8) is 0 Å². The number of hydrogen-bond donors (Lipinski definition) is 1. The van der Waals surface area contributed by atoms with Crippen molar-refractivity contribution in [1.82, 2.24) is 0 Å². The monoisotopic (exact) mass is 427 g/mol. The van der Waals surface area contributed by atoms with Crippen LogP contribution in [0.15, 0.2) is 11.6 Å². The molecule has 9 atom stereocenters. The zero-order chi connectivity index (χ0) is 22.4. The van der Waals surface area contributed by atoms with Crippen molar-refractivity contribution in [2.24, 2.45) is 50.7 Å². The first-order valence-corrected chi connectivity index (χ1v) is 13.8. The molecule has 0 radical (unpaired) electrons. The van der Waals surface area contributed by atoms with Crippen LogP contribution in [0.4, 0.5) is 0 Å². The van der Waals surface area contributed by atoms with Gasteiger partial charge in [0, 0.05) is 0 Å². The maximum Gasteiger partial charge on any atom is 0.0594 e. The van der Waals surface area contributed by atoms with Crippen molar-refractivity contribution in [1.29, 1.82) is 0 Å². The summed E-state index contributed by atoms with van der Waals surface area (Å²) >= 11 is 0. The largest absolute Gasteiger partial charge is 0.393 e. The minimum absolute atomic E-state index is 0.0840. The fourth-order valence-corrected chi connectivity index (χ4v) is 11.1. The van der Waals surface area contributed by atoms with Crippen molar-refractivity contribution in [2.75, 3.05) is 0 Å². The molecule has 0 aromatic heterocycles. The summed E-state index contributed by atoms with van der Waals surface area (Å²) in [7, 11) is 0. The molecule has 5 fully saturated rings. The first kappa shape index (κ1) is 22.5. The van der Waals surface area contributed by atoms with Crippen molar-refractivity contribution >= 4 is 0 Å². The standard InChI is InChI=1S/C30H50O/c1-20(2)9-8-10-21(3)22-13-15-28(7)24-12-11-23-26(4,5)25(31)14-16-29(23)19-30(24,29)18-17-27(22,28)6/h9,21-25,31H,8,10-19H2,1-7H3/t21-,22-,23+,24+,25+,27-,28+,29-,30+/m1/s1/i1+1/b20-9+. The van der Waals surface area contributed by atoms with Crippen LogP contribution in [-0.4, -0.2) is 11.2 Å². The van der Waals surface area contributed by atoms with Gasteiger partial charge in [0.25, 0.3) is 0 Å². The number of rotatable bonds is 4. The van der Waals surface area contributed by atoms with Crippen LogP contribution in [0.25, 0.3) is 0 Å². The maximum absolute atomic E-state index is 10.8. The zero-order valence-electron chi connectivity index (χ0n) is 21.7. The van der Waals surface area contributed by atoms with E-state index in [1.165, 1.54) is 69.8 Å². The summed E-state index contributed by atoms with van der Waals surface area (Å²) in [6.07, 6.45) is 17.6. The van der Waals surface area contributed by atoms with E-state index >= 15 is 0 Å². The number of aliphatic hydroxyl groups is 1. The fourth-order valence-electron chi connectivity index (χ4n) is 11.1. The highest BCUT2D eigenvalue weighted by molar-refractivity contribution is 5.30. The molecule has 2 spiro atoms. The first-order valence-electron chi connectivity index (χ1n) is 13.8. The summed E-state index contributed by atoms with van der Waals surface area (Å²) in [4.78, 5) is 0. The predicted molar refractivity (Wildman–Crippen MR) is 131 cm³/mol. The number of fused-ring (bicyclic) bond motifs is 2. The number of hydrogen-bond acceptors (Lipinski definition) is 1. The van der Waals surface area contributed by atoms with Crippen LogP contribution in [0.1, 0.15) is 119 Å². The Morgan fingerprint density at radius 2 is 1.55 bits per heavy atom. The fraction of sp³-hybridized carbons (Fsp3) is 0.933. The van der Waals surface area contributed by atoms with Gasteiger partial charge in [-0.05, 0) is 135 Å². The van der Waals surface area contributed by atoms with E-state index in [4.69, 9.17) is 0 Å². The highest BCUT2D eigenvalue weighted by Gasteiger charge is 2.82. The second-order valence-corrected chi connectivity index (χ2v) is 14.4. The Labute approximate surface area is 192 Å². The lowest BCUT2D eigenvalue weighted by Gasteiger charge is -2.63. The van der Waals surface area contributed by atoms with Gasteiger partial charge in [0.15, 0.2) is 0 Å². The van der Waals surface area contributed by atoms with Crippen molar-refractivity contribution < 1.29 is 5.11 Å². The molecule has 1 N–H and O–H groups in total. The van der Waals surface area contributed by atoms with E-state index < -0.39 is 0 Å². The SMILES string of the molecule is C/C([13CH3])=C/CC[C@@H](C)[C@H]1CC[C@@]2(C)[C@@H]3CC[C@H]4C(C)(C)[C@@H](O)CC[C@@]45C[C@@]35CC[C@]12C. The normalized spacial score (nSPS) is 53.7. The van der Waals surface area contributed by atoms with Crippen molar-refractivity contribution in [3.8, 4) is 0 Å². The van der Waals surface area contributed by atoms with Crippen molar-refractivity contribution in [2.45, 2.75) is 125 Å². The minimum Gasteiger partial charge on any atom is -0.393 e. The van der Waals surface area contributed by atoms with Gasteiger partial charge in [-0.3, -0.25) is 0 Å². The van der Waals surface area contributed by atoms with Crippen LogP contribution < -0.4 is 0 Å². The molecule has 31 heavy (non-hydrogen) atoms. The molecule has 1 nitrogen and oxygen atoms in total. The van der Waals surface area contributed by atoms with Gasteiger partial charge in [0.1, 0.15) is 0 Å². The summed E-state index contributed by atoms with van der Waals surface area (Å²) < 4.78 is 0. The topological polar surface area (TPSA) is 20.2 Å². The Bertz CT molecular complexity index is 760. The van der Waals surface area contributed by atoms with E-state index in [9.17, 15) is 5.11 Å². The molecule has 0 saturated heterocycles. The molecule has 5 aliphatic carbocycles. The molecule has 176 valence electrons. The predicted octanol–water partition coefficient (Wildman–Crippen LogP) is 8.17. The van der Waals surface area contributed by atoms with E-state index in [0.717, 1.165) is 30.1 Å². The van der Waals surface area contributed by atoms with Gasteiger partial charge in [-0.15, -0.1) is 0 Å². The Hall–Kier alpha value is -0.300. The highest BCUT2D eigenvalue weighted by Crippen LogP contribution is 2.89. The third-order valence-electron chi connectivity index (χ3n) is 13.0. The summed E-state index contributed by atoms with van der Waals surface area (Å²) in [6.45, 7) is 17.3. The smallest absolute Gasteiger partial charge is 0.0594 e. The maximum atomic E-state index is 10.8. The molecule has 0 aliphatic heterocycles. The Morgan fingerprint density at radius 3 is 2.26 bits per heavy atom.